The Balaban J connectivity index is 2.56. The van der Waals surface area contributed by atoms with Gasteiger partial charge in [-0.05, 0) is 44.6 Å². The molecule has 1 aromatic rings. The minimum atomic E-state index is -0.467. The first kappa shape index (κ1) is 16.6. The Hall–Kier alpha value is -0.420. The lowest BCUT2D eigenvalue weighted by molar-refractivity contribution is -0.0265. The van der Waals surface area contributed by atoms with Crippen molar-refractivity contribution in [1.82, 2.24) is 5.32 Å². The van der Waals surface area contributed by atoms with Gasteiger partial charge < -0.3 is 9.84 Å². The fourth-order valence-electron chi connectivity index (χ4n) is 1.85. The summed E-state index contributed by atoms with van der Waals surface area (Å²) in [6.07, 6.45) is 0.456. The van der Waals surface area contributed by atoms with E-state index in [0.29, 0.717) is 12.6 Å². The van der Waals surface area contributed by atoms with Crippen molar-refractivity contribution in [2.45, 2.75) is 58.8 Å². The number of rotatable bonds is 7. The van der Waals surface area contributed by atoms with Gasteiger partial charge in [0.15, 0.2) is 0 Å². The molecule has 2 N–H and O–H groups in total. The van der Waals surface area contributed by atoms with Crippen molar-refractivity contribution >= 4 is 11.3 Å². The van der Waals surface area contributed by atoms with Gasteiger partial charge in [-0.25, -0.2) is 0 Å². The second-order valence-electron chi connectivity index (χ2n) is 6.30. The molecule has 0 aliphatic heterocycles. The van der Waals surface area contributed by atoms with Crippen LogP contribution in [-0.2, 0) is 4.74 Å². The summed E-state index contributed by atoms with van der Waals surface area (Å²) in [5.41, 5.74) is -0.163. The molecule has 0 saturated heterocycles. The fourth-order valence-corrected chi connectivity index (χ4v) is 2.63. The lowest BCUT2D eigenvalue weighted by Gasteiger charge is -2.27. The molecule has 0 saturated carbocycles. The van der Waals surface area contributed by atoms with Gasteiger partial charge in [0.05, 0.1) is 12.3 Å². The third-order valence-electron chi connectivity index (χ3n) is 2.79. The first-order valence-electron chi connectivity index (χ1n) is 6.88. The predicted octanol–water partition coefficient (Wildman–Crippen LogP) is 3.56. The highest BCUT2D eigenvalue weighted by Gasteiger charge is 2.23. The molecule has 0 fully saturated rings. The Morgan fingerprint density at radius 3 is 2.53 bits per heavy atom. The van der Waals surface area contributed by atoms with Gasteiger partial charge in [-0.1, -0.05) is 19.9 Å². The van der Waals surface area contributed by atoms with E-state index in [4.69, 9.17) is 4.74 Å². The summed E-state index contributed by atoms with van der Waals surface area (Å²) in [7, 11) is 0. The Kier molecular flexibility index (Phi) is 6.47. The van der Waals surface area contributed by atoms with E-state index in [9.17, 15) is 5.11 Å². The summed E-state index contributed by atoms with van der Waals surface area (Å²) in [6.45, 7) is 10.9. The topological polar surface area (TPSA) is 41.5 Å². The summed E-state index contributed by atoms with van der Waals surface area (Å²) >= 11 is 1.59. The Morgan fingerprint density at radius 2 is 2.05 bits per heavy atom. The molecule has 110 valence electrons. The number of nitrogens with one attached hydrogen (secondary N) is 1. The molecular formula is C15H27NO2S. The molecule has 0 radical (unpaired) electrons. The summed E-state index contributed by atoms with van der Waals surface area (Å²) in [6, 6.07) is 3.98. The Bertz CT molecular complexity index is 344. The number of aliphatic hydroxyl groups excluding tert-OH is 1. The molecule has 1 heterocycles. The SMILES string of the molecule is CC(C)C[C@@H](NCOC(C)(C)C)[C@H](O)c1cccs1. The summed E-state index contributed by atoms with van der Waals surface area (Å²) in [5, 5.41) is 15.8. The van der Waals surface area contributed by atoms with Crippen LogP contribution in [0.25, 0.3) is 0 Å². The van der Waals surface area contributed by atoms with Crippen LogP contribution in [0, 0.1) is 5.92 Å². The van der Waals surface area contributed by atoms with Gasteiger partial charge in [0.25, 0.3) is 0 Å². The second-order valence-corrected chi connectivity index (χ2v) is 7.28. The summed E-state index contributed by atoms with van der Waals surface area (Å²) < 4.78 is 5.69. The van der Waals surface area contributed by atoms with Gasteiger partial charge >= 0.3 is 0 Å². The smallest absolute Gasteiger partial charge is 0.103 e. The number of thiophene rings is 1. The van der Waals surface area contributed by atoms with Crippen LogP contribution in [0.3, 0.4) is 0 Å². The highest BCUT2D eigenvalue weighted by atomic mass is 32.1. The van der Waals surface area contributed by atoms with Crippen LogP contribution in [0.1, 0.15) is 52.0 Å². The van der Waals surface area contributed by atoms with Crippen LogP contribution in [0.4, 0.5) is 0 Å². The lowest BCUT2D eigenvalue weighted by Crippen LogP contribution is -2.39. The molecule has 0 aliphatic rings. The highest BCUT2D eigenvalue weighted by molar-refractivity contribution is 7.10. The molecule has 1 aromatic heterocycles. The zero-order chi connectivity index (χ0) is 14.5. The third kappa shape index (κ3) is 6.52. The van der Waals surface area contributed by atoms with Crippen LogP contribution < -0.4 is 5.32 Å². The second kappa shape index (κ2) is 7.39. The van der Waals surface area contributed by atoms with Crippen LogP contribution in [-0.4, -0.2) is 23.5 Å². The lowest BCUT2D eigenvalue weighted by atomic mass is 9.98. The van der Waals surface area contributed by atoms with Gasteiger partial charge in [-0.2, -0.15) is 0 Å². The van der Waals surface area contributed by atoms with E-state index in [2.05, 4.69) is 19.2 Å². The van der Waals surface area contributed by atoms with Gasteiger partial charge in [0, 0.05) is 10.9 Å². The minimum Gasteiger partial charge on any atom is -0.386 e. The van der Waals surface area contributed by atoms with Crippen LogP contribution in [0.2, 0.25) is 0 Å². The average molecular weight is 285 g/mol. The van der Waals surface area contributed by atoms with E-state index >= 15 is 0 Å². The van der Waals surface area contributed by atoms with Crippen molar-refractivity contribution in [3.63, 3.8) is 0 Å². The van der Waals surface area contributed by atoms with Crippen LogP contribution in [0.5, 0.6) is 0 Å². The van der Waals surface area contributed by atoms with Crippen molar-refractivity contribution in [1.29, 1.82) is 0 Å². The molecule has 0 aliphatic carbocycles. The monoisotopic (exact) mass is 285 g/mol. The first-order valence-corrected chi connectivity index (χ1v) is 7.76. The van der Waals surface area contributed by atoms with Gasteiger partial charge in [-0.3, -0.25) is 5.32 Å². The molecule has 0 bridgehead atoms. The quantitative estimate of drug-likeness (QED) is 0.753. The molecule has 3 nitrogen and oxygen atoms in total. The normalized spacial score (nSPS) is 15.7. The number of ether oxygens (including phenoxy) is 1. The first-order chi connectivity index (χ1) is 8.79. The van der Waals surface area contributed by atoms with Gasteiger partial charge in [-0.15, -0.1) is 11.3 Å². The van der Waals surface area contributed by atoms with Crippen molar-refractivity contribution in [2.75, 3.05) is 6.73 Å². The van der Waals surface area contributed by atoms with Gasteiger partial charge in [0.1, 0.15) is 6.10 Å². The van der Waals surface area contributed by atoms with Crippen molar-refractivity contribution in [3.05, 3.63) is 22.4 Å². The maximum absolute atomic E-state index is 10.4. The molecule has 2 atom stereocenters. The average Bonchev–Trinajstić information content (AvgIpc) is 2.77. The minimum absolute atomic E-state index is 0.0287. The van der Waals surface area contributed by atoms with Crippen molar-refractivity contribution in [2.24, 2.45) is 5.92 Å². The Morgan fingerprint density at radius 1 is 1.37 bits per heavy atom. The molecular weight excluding hydrogens is 258 g/mol. The van der Waals surface area contributed by atoms with Crippen LogP contribution >= 0.6 is 11.3 Å². The van der Waals surface area contributed by atoms with E-state index in [0.717, 1.165) is 11.3 Å². The molecule has 0 unspecified atom stereocenters. The Labute approximate surface area is 121 Å². The molecule has 0 aromatic carbocycles. The van der Waals surface area contributed by atoms with E-state index in [1.54, 1.807) is 11.3 Å². The van der Waals surface area contributed by atoms with Crippen molar-refractivity contribution < 1.29 is 9.84 Å². The maximum Gasteiger partial charge on any atom is 0.103 e. The van der Waals surface area contributed by atoms with E-state index in [-0.39, 0.29) is 11.6 Å². The summed E-state index contributed by atoms with van der Waals surface area (Å²) in [4.78, 5) is 1.01. The van der Waals surface area contributed by atoms with E-state index < -0.39 is 6.10 Å². The number of hydrogen-bond acceptors (Lipinski definition) is 4. The molecule has 0 amide bonds. The molecule has 1 rings (SSSR count). The number of aliphatic hydroxyl groups is 1. The third-order valence-corrected chi connectivity index (χ3v) is 3.73. The highest BCUT2D eigenvalue weighted by Crippen LogP contribution is 2.25. The van der Waals surface area contributed by atoms with Gasteiger partial charge in [0.2, 0.25) is 0 Å². The zero-order valence-corrected chi connectivity index (χ0v) is 13.5. The fraction of sp³-hybridized carbons (Fsp3) is 0.733. The van der Waals surface area contributed by atoms with E-state index in [1.807, 2.05) is 38.3 Å². The standard InChI is InChI=1S/C15H27NO2S/c1-11(2)9-12(16-10-18-15(3,4)5)14(17)13-7-6-8-19-13/h6-8,11-12,14,16-17H,9-10H2,1-5H3/t12-,14+/m1/s1. The van der Waals surface area contributed by atoms with Crippen molar-refractivity contribution in [3.8, 4) is 0 Å². The maximum atomic E-state index is 10.4. The molecule has 0 spiro atoms. The predicted molar refractivity (Wildman–Crippen MR) is 81.4 cm³/mol. The van der Waals surface area contributed by atoms with E-state index in [1.165, 1.54) is 0 Å². The molecule has 19 heavy (non-hydrogen) atoms. The molecule has 4 heteroatoms. The summed E-state index contributed by atoms with van der Waals surface area (Å²) in [5.74, 6) is 0.529. The number of hydrogen-bond donors (Lipinski definition) is 2. The zero-order valence-electron chi connectivity index (χ0n) is 12.6. The largest absolute Gasteiger partial charge is 0.386 e. The van der Waals surface area contributed by atoms with Crippen LogP contribution in [0.15, 0.2) is 17.5 Å².